The number of hydrogen-bond acceptors (Lipinski definition) is 5. The molecule has 0 fully saturated rings. The summed E-state index contributed by atoms with van der Waals surface area (Å²) < 4.78 is 11.4. The van der Waals surface area contributed by atoms with E-state index in [0.717, 1.165) is 27.8 Å². The van der Waals surface area contributed by atoms with Crippen LogP contribution in [-0.2, 0) is 0 Å². The Balaban J connectivity index is 1.65. The van der Waals surface area contributed by atoms with Gasteiger partial charge in [-0.2, -0.15) is 4.98 Å². The Bertz CT molecular complexity index is 1310. The first kappa shape index (κ1) is 18.1. The van der Waals surface area contributed by atoms with Crippen molar-refractivity contribution in [1.29, 1.82) is 0 Å². The average molecular weight is 393 g/mol. The molecule has 0 N–H and O–H groups in total. The van der Waals surface area contributed by atoms with E-state index in [2.05, 4.69) is 28.3 Å². The van der Waals surface area contributed by atoms with Crippen LogP contribution in [0.4, 0.5) is 0 Å². The number of nitrogens with zero attached hydrogens (tertiary/aromatic N) is 3. The fraction of sp³-hybridized carbons (Fsp3) is 0.0800. The predicted molar refractivity (Wildman–Crippen MR) is 116 cm³/mol. The zero-order valence-electron chi connectivity index (χ0n) is 16.7. The normalized spacial score (nSPS) is 11.0. The van der Waals surface area contributed by atoms with Crippen molar-refractivity contribution in [1.82, 2.24) is 15.3 Å². The van der Waals surface area contributed by atoms with Gasteiger partial charge in [-0.25, -0.2) is 0 Å². The van der Waals surface area contributed by atoms with Crippen molar-refractivity contribution in [2.75, 3.05) is 0 Å². The number of aromatic nitrogens is 3. The molecule has 3 aromatic carbocycles. The molecule has 0 saturated carbocycles. The minimum absolute atomic E-state index is 0.328. The summed E-state index contributed by atoms with van der Waals surface area (Å²) >= 11 is 0. The summed E-state index contributed by atoms with van der Waals surface area (Å²) in [4.78, 5) is 4.63. The summed E-state index contributed by atoms with van der Waals surface area (Å²) in [6.45, 7) is 4.10. The topological polar surface area (TPSA) is 65.0 Å². The molecule has 0 atom stereocenters. The third-order valence-electron chi connectivity index (χ3n) is 5.04. The Morgan fingerprint density at radius 2 is 1.40 bits per heavy atom. The van der Waals surface area contributed by atoms with E-state index in [1.807, 2.05) is 79.7 Å². The van der Waals surface area contributed by atoms with E-state index in [-0.39, 0.29) is 0 Å². The standard InChI is InChI=1S/C25H19N3O2/c1-16-13-14-20(17(2)15-16)24-26-25(30-28-24)22-21(18-9-5-3-6-10-18)23(29-27-22)19-11-7-4-8-12-19/h3-15H,1-2H3. The first-order valence-corrected chi connectivity index (χ1v) is 9.73. The van der Waals surface area contributed by atoms with Gasteiger partial charge in [0.05, 0.1) is 5.56 Å². The predicted octanol–water partition coefficient (Wildman–Crippen LogP) is 6.34. The Hall–Kier alpha value is -3.99. The zero-order chi connectivity index (χ0) is 20.5. The molecule has 0 aliphatic heterocycles. The highest BCUT2D eigenvalue weighted by atomic mass is 16.5. The van der Waals surface area contributed by atoms with E-state index in [4.69, 9.17) is 9.05 Å². The number of rotatable bonds is 4. The largest absolute Gasteiger partial charge is 0.355 e. The lowest BCUT2D eigenvalue weighted by Crippen LogP contribution is -1.88. The van der Waals surface area contributed by atoms with Gasteiger partial charge in [0, 0.05) is 11.1 Å². The molecule has 5 heteroatoms. The molecule has 0 radical (unpaired) electrons. The van der Waals surface area contributed by atoms with E-state index < -0.39 is 0 Å². The molecular weight excluding hydrogens is 374 g/mol. The molecule has 146 valence electrons. The molecule has 0 saturated heterocycles. The minimum atomic E-state index is 0.328. The molecule has 5 aromatic rings. The van der Waals surface area contributed by atoms with Crippen LogP contribution in [0.2, 0.25) is 0 Å². The molecule has 0 aliphatic rings. The average Bonchev–Trinajstić information content (AvgIpc) is 3.42. The zero-order valence-corrected chi connectivity index (χ0v) is 16.7. The fourth-order valence-corrected chi connectivity index (χ4v) is 3.59. The van der Waals surface area contributed by atoms with Crippen LogP contribution in [0.1, 0.15) is 11.1 Å². The van der Waals surface area contributed by atoms with Gasteiger partial charge in [-0.1, -0.05) is 94.7 Å². The summed E-state index contributed by atoms with van der Waals surface area (Å²) in [6.07, 6.45) is 0. The van der Waals surface area contributed by atoms with Crippen LogP contribution in [0.15, 0.2) is 87.9 Å². The van der Waals surface area contributed by atoms with Crippen LogP contribution < -0.4 is 0 Å². The van der Waals surface area contributed by atoms with Gasteiger partial charge in [0.15, 0.2) is 11.5 Å². The number of aryl methyl sites for hydroxylation is 2. The van der Waals surface area contributed by atoms with E-state index in [1.54, 1.807) is 0 Å². The number of benzene rings is 3. The Kier molecular flexibility index (Phi) is 4.48. The SMILES string of the molecule is Cc1ccc(-c2noc(-c3noc(-c4ccccc4)c3-c3ccccc3)n2)c(C)c1. The van der Waals surface area contributed by atoms with Crippen LogP contribution >= 0.6 is 0 Å². The minimum Gasteiger partial charge on any atom is -0.355 e. The third kappa shape index (κ3) is 3.20. The van der Waals surface area contributed by atoms with Gasteiger partial charge in [0.1, 0.15) is 0 Å². The summed E-state index contributed by atoms with van der Waals surface area (Å²) in [5.74, 6) is 1.53. The van der Waals surface area contributed by atoms with Gasteiger partial charge in [0.2, 0.25) is 5.82 Å². The lowest BCUT2D eigenvalue weighted by molar-refractivity contribution is 0.411. The second-order valence-corrected chi connectivity index (χ2v) is 7.21. The van der Waals surface area contributed by atoms with Gasteiger partial charge in [-0.15, -0.1) is 0 Å². The van der Waals surface area contributed by atoms with Crippen molar-refractivity contribution >= 4 is 0 Å². The van der Waals surface area contributed by atoms with Crippen LogP contribution in [0, 0.1) is 13.8 Å². The Labute approximate surface area is 174 Å². The van der Waals surface area contributed by atoms with Crippen molar-refractivity contribution in [2.24, 2.45) is 0 Å². The van der Waals surface area contributed by atoms with Crippen molar-refractivity contribution in [2.45, 2.75) is 13.8 Å². The first-order valence-electron chi connectivity index (χ1n) is 9.73. The van der Waals surface area contributed by atoms with Gasteiger partial charge >= 0.3 is 0 Å². The maximum Gasteiger partial charge on any atom is 0.281 e. The van der Waals surface area contributed by atoms with Crippen LogP contribution in [0.3, 0.4) is 0 Å². The third-order valence-corrected chi connectivity index (χ3v) is 5.04. The maximum atomic E-state index is 5.77. The highest BCUT2D eigenvalue weighted by Gasteiger charge is 2.25. The summed E-state index contributed by atoms with van der Waals surface area (Å²) in [6, 6.07) is 26.0. The molecule has 0 bridgehead atoms. The van der Waals surface area contributed by atoms with Gasteiger partial charge in [-0.3, -0.25) is 0 Å². The Morgan fingerprint density at radius 1 is 0.700 bits per heavy atom. The smallest absolute Gasteiger partial charge is 0.281 e. The van der Waals surface area contributed by atoms with Gasteiger partial charge < -0.3 is 9.05 Å². The lowest BCUT2D eigenvalue weighted by atomic mass is 9.99. The maximum absolute atomic E-state index is 5.77. The molecule has 2 aromatic heterocycles. The van der Waals surface area contributed by atoms with Crippen molar-refractivity contribution in [3.63, 3.8) is 0 Å². The van der Waals surface area contributed by atoms with Crippen molar-refractivity contribution < 1.29 is 9.05 Å². The highest BCUT2D eigenvalue weighted by molar-refractivity contribution is 5.88. The molecule has 2 heterocycles. The second-order valence-electron chi connectivity index (χ2n) is 7.21. The van der Waals surface area contributed by atoms with Crippen molar-refractivity contribution in [3.05, 3.63) is 90.0 Å². The summed E-state index contributed by atoms with van der Waals surface area (Å²) in [5.41, 5.74) is 6.49. The van der Waals surface area contributed by atoms with E-state index in [0.29, 0.717) is 23.2 Å². The van der Waals surface area contributed by atoms with Crippen LogP contribution in [0.5, 0.6) is 0 Å². The van der Waals surface area contributed by atoms with Crippen LogP contribution in [0.25, 0.3) is 45.4 Å². The molecule has 0 aliphatic carbocycles. The lowest BCUT2D eigenvalue weighted by Gasteiger charge is -2.03. The van der Waals surface area contributed by atoms with E-state index in [9.17, 15) is 0 Å². The molecule has 0 spiro atoms. The van der Waals surface area contributed by atoms with E-state index >= 15 is 0 Å². The van der Waals surface area contributed by atoms with Gasteiger partial charge in [0.25, 0.3) is 5.89 Å². The molecule has 30 heavy (non-hydrogen) atoms. The molecular formula is C25H19N3O2. The summed E-state index contributed by atoms with van der Waals surface area (Å²) in [5, 5.41) is 8.51. The first-order chi connectivity index (χ1) is 14.7. The molecule has 5 nitrogen and oxygen atoms in total. The molecule has 0 unspecified atom stereocenters. The van der Waals surface area contributed by atoms with Crippen molar-refractivity contribution in [3.8, 4) is 45.4 Å². The van der Waals surface area contributed by atoms with Gasteiger partial charge in [-0.05, 0) is 25.0 Å². The van der Waals surface area contributed by atoms with Crippen LogP contribution in [-0.4, -0.2) is 15.3 Å². The quantitative estimate of drug-likeness (QED) is 0.356. The summed E-state index contributed by atoms with van der Waals surface area (Å²) in [7, 11) is 0. The molecule has 5 rings (SSSR count). The van der Waals surface area contributed by atoms with E-state index in [1.165, 1.54) is 5.56 Å². The molecule has 0 amide bonds. The monoisotopic (exact) mass is 393 g/mol. The second kappa shape index (κ2) is 7.44. The Morgan fingerprint density at radius 3 is 2.10 bits per heavy atom. The number of hydrogen-bond donors (Lipinski definition) is 0. The fourth-order valence-electron chi connectivity index (χ4n) is 3.59. The highest BCUT2D eigenvalue weighted by Crippen LogP contribution is 2.39.